The number of unbranched alkanes of at least 4 members (excludes halogenated alkanes) is 14. The van der Waals surface area contributed by atoms with Gasteiger partial charge in [-0.05, 0) is 38.7 Å². The van der Waals surface area contributed by atoms with Crippen LogP contribution in [0, 0.1) is 0 Å². The summed E-state index contributed by atoms with van der Waals surface area (Å²) in [6, 6.07) is 0. The minimum atomic E-state index is 0.593. The Morgan fingerprint density at radius 2 is 1.08 bits per heavy atom. The number of hydrogen-bond donors (Lipinski definition) is 1. The Hall–Kier alpha value is -0.720. The zero-order valence-electron chi connectivity index (χ0n) is 16.7. The third kappa shape index (κ3) is 19.3. The van der Waals surface area contributed by atoms with Crippen LogP contribution in [0.5, 0.6) is 0 Å². The quantitative estimate of drug-likeness (QED) is 0.151. The molecule has 0 fully saturated rings. The molecule has 1 heteroatoms. The van der Waals surface area contributed by atoms with E-state index in [0.29, 0.717) is 5.76 Å². The van der Waals surface area contributed by atoms with Gasteiger partial charge in [0.15, 0.2) is 0 Å². The second-order valence-corrected chi connectivity index (χ2v) is 7.16. The van der Waals surface area contributed by atoms with Crippen molar-refractivity contribution in [3.05, 3.63) is 24.0 Å². The summed E-state index contributed by atoms with van der Waals surface area (Å²) in [7, 11) is 0. The molecule has 142 valence electrons. The van der Waals surface area contributed by atoms with Gasteiger partial charge < -0.3 is 5.11 Å². The van der Waals surface area contributed by atoms with Crippen LogP contribution in [-0.4, -0.2) is 5.11 Å². The van der Waals surface area contributed by atoms with Gasteiger partial charge in [0.1, 0.15) is 0 Å². The maximum Gasteiger partial charge on any atom is 0.0882 e. The summed E-state index contributed by atoms with van der Waals surface area (Å²) in [6.45, 7) is 4.18. The molecule has 0 aromatic heterocycles. The molecule has 0 aliphatic carbocycles. The summed E-state index contributed by atoms with van der Waals surface area (Å²) in [5, 5.41) is 9.53. The smallest absolute Gasteiger partial charge is 0.0882 e. The van der Waals surface area contributed by atoms with Gasteiger partial charge in [-0.25, -0.2) is 0 Å². The number of rotatable bonds is 18. The Labute approximate surface area is 152 Å². The molecule has 0 aromatic rings. The van der Waals surface area contributed by atoms with Crippen LogP contribution >= 0.6 is 0 Å². The van der Waals surface area contributed by atoms with E-state index in [1.165, 1.54) is 89.9 Å². The number of allylic oxidation sites excluding steroid dienone is 4. The summed E-state index contributed by atoms with van der Waals surface area (Å²) >= 11 is 0. The fraction of sp³-hybridized carbons (Fsp3) is 0.826. The Morgan fingerprint density at radius 3 is 1.50 bits per heavy atom. The van der Waals surface area contributed by atoms with Gasteiger partial charge >= 0.3 is 0 Å². The highest BCUT2D eigenvalue weighted by Gasteiger charge is 1.96. The van der Waals surface area contributed by atoms with Crippen molar-refractivity contribution in [1.29, 1.82) is 0 Å². The molecule has 1 N–H and O–H groups in total. The van der Waals surface area contributed by atoms with Gasteiger partial charge in [-0.2, -0.15) is 0 Å². The maximum atomic E-state index is 9.53. The van der Waals surface area contributed by atoms with E-state index >= 15 is 0 Å². The van der Waals surface area contributed by atoms with Gasteiger partial charge in [-0.3, -0.25) is 0 Å². The van der Waals surface area contributed by atoms with Crippen molar-refractivity contribution in [2.24, 2.45) is 0 Å². The first kappa shape index (κ1) is 23.3. The fourth-order valence-corrected chi connectivity index (χ4v) is 3.19. The standard InChI is InChI=1S/C23H44O/c1-3-5-6-7-8-9-10-11-12-13-14-15-16-17-18-19-20-22-23(24)21-4-2/h3,5,21,24H,4,6-20,22H2,1-2H3/b5-3+,23-21+. The van der Waals surface area contributed by atoms with Gasteiger partial charge in [-0.1, -0.05) is 96.1 Å². The minimum absolute atomic E-state index is 0.593. The number of aliphatic hydroxyl groups excluding tert-OH is 1. The van der Waals surface area contributed by atoms with E-state index in [2.05, 4.69) is 26.0 Å². The first-order valence-electron chi connectivity index (χ1n) is 10.8. The Morgan fingerprint density at radius 1 is 0.667 bits per heavy atom. The normalized spacial score (nSPS) is 12.3. The van der Waals surface area contributed by atoms with Gasteiger partial charge in [0, 0.05) is 6.42 Å². The van der Waals surface area contributed by atoms with Gasteiger partial charge in [0.2, 0.25) is 0 Å². The van der Waals surface area contributed by atoms with E-state index in [4.69, 9.17) is 0 Å². The first-order valence-corrected chi connectivity index (χ1v) is 10.8. The summed E-state index contributed by atoms with van der Waals surface area (Å²) in [5.74, 6) is 0.593. The lowest BCUT2D eigenvalue weighted by Crippen LogP contribution is -1.85. The molecule has 0 rings (SSSR count). The second-order valence-electron chi connectivity index (χ2n) is 7.16. The van der Waals surface area contributed by atoms with Crippen molar-refractivity contribution in [2.75, 3.05) is 0 Å². The average molecular weight is 337 g/mol. The molecule has 0 radical (unpaired) electrons. The molecule has 0 saturated heterocycles. The van der Waals surface area contributed by atoms with E-state index in [0.717, 1.165) is 19.3 Å². The molecule has 0 amide bonds. The zero-order valence-corrected chi connectivity index (χ0v) is 16.7. The zero-order chi connectivity index (χ0) is 17.7. The van der Waals surface area contributed by atoms with E-state index in [-0.39, 0.29) is 0 Å². The predicted molar refractivity (Wildman–Crippen MR) is 110 cm³/mol. The minimum Gasteiger partial charge on any atom is -0.513 e. The first-order chi connectivity index (χ1) is 11.8. The molecule has 0 spiro atoms. The van der Waals surface area contributed by atoms with Crippen LogP contribution in [0.15, 0.2) is 24.0 Å². The predicted octanol–water partition coefficient (Wildman–Crippen LogP) is 8.66. The third-order valence-electron chi connectivity index (χ3n) is 4.73. The van der Waals surface area contributed by atoms with Crippen LogP contribution < -0.4 is 0 Å². The van der Waals surface area contributed by atoms with Crippen molar-refractivity contribution < 1.29 is 5.11 Å². The Kier molecular flexibility index (Phi) is 19.7. The van der Waals surface area contributed by atoms with Crippen LogP contribution in [0.3, 0.4) is 0 Å². The fourth-order valence-electron chi connectivity index (χ4n) is 3.19. The van der Waals surface area contributed by atoms with Crippen LogP contribution in [0.25, 0.3) is 0 Å². The van der Waals surface area contributed by atoms with E-state index < -0.39 is 0 Å². The lowest BCUT2D eigenvalue weighted by molar-refractivity contribution is 0.377. The summed E-state index contributed by atoms with van der Waals surface area (Å²) < 4.78 is 0. The summed E-state index contributed by atoms with van der Waals surface area (Å²) in [4.78, 5) is 0. The van der Waals surface area contributed by atoms with Crippen LogP contribution in [-0.2, 0) is 0 Å². The second kappa shape index (κ2) is 20.3. The number of hydrogen-bond acceptors (Lipinski definition) is 1. The molecule has 0 heterocycles. The average Bonchev–Trinajstić information content (AvgIpc) is 2.58. The molecule has 24 heavy (non-hydrogen) atoms. The van der Waals surface area contributed by atoms with Crippen molar-refractivity contribution >= 4 is 0 Å². The van der Waals surface area contributed by atoms with Crippen molar-refractivity contribution in [3.8, 4) is 0 Å². The lowest BCUT2D eigenvalue weighted by Gasteiger charge is -2.03. The highest BCUT2D eigenvalue weighted by molar-refractivity contribution is 4.89. The van der Waals surface area contributed by atoms with Crippen LogP contribution in [0.4, 0.5) is 0 Å². The molecule has 0 atom stereocenters. The molecule has 1 nitrogen and oxygen atoms in total. The molecule has 0 aromatic carbocycles. The third-order valence-corrected chi connectivity index (χ3v) is 4.73. The van der Waals surface area contributed by atoms with E-state index in [9.17, 15) is 5.11 Å². The highest BCUT2D eigenvalue weighted by Crippen LogP contribution is 2.14. The van der Waals surface area contributed by atoms with E-state index in [1.807, 2.05) is 6.08 Å². The molecule has 0 unspecified atom stereocenters. The Balaban J connectivity index is 3.06. The molecule has 0 saturated carbocycles. The Bertz CT molecular complexity index is 290. The van der Waals surface area contributed by atoms with Gasteiger partial charge in [0.25, 0.3) is 0 Å². The topological polar surface area (TPSA) is 20.2 Å². The van der Waals surface area contributed by atoms with Crippen molar-refractivity contribution in [1.82, 2.24) is 0 Å². The van der Waals surface area contributed by atoms with Crippen molar-refractivity contribution in [2.45, 2.75) is 123 Å². The van der Waals surface area contributed by atoms with Gasteiger partial charge in [0.05, 0.1) is 5.76 Å². The van der Waals surface area contributed by atoms with E-state index in [1.54, 1.807) is 0 Å². The van der Waals surface area contributed by atoms with Crippen molar-refractivity contribution in [3.63, 3.8) is 0 Å². The maximum absolute atomic E-state index is 9.53. The van der Waals surface area contributed by atoms with Crippen LogP contribution in [0.2, 0.25) is 0 Å². The van der Waals surface area contributed by atoms with Crippen LogP contribution in [0.1, 0.15) is 123 Å². The molecule has 0 aliphatic rings. The molecular formula is C23H44O. The summed E-state index contributed by atoms with van der Waals surface area (Å²) in [6.07, 6.45) is 28.9. The molecule has 0 aliphatic heterocycles. The largest absolute Gasteiger partial charge is 0.513 e. The highest BCUT2D eigenvalue weighted by atomic mass is 16.3. The lowest BCUT2D eigenvalue weighted by atomic mass is 10.0. The monoisotopic (exact) mass is 336 g/mol. The summed E-state index contributed by atoms with van der Waals surface area (Å²) in [5.41, 5.74) is 0. The van der Waals surface area contributed by atoms with Gasteiger partial charge in [-0.15, -0.1) is 0 Å². The SMILES string of the molecule is C/C=C/CCCCCCCCCCCCCCCC/C(O)=C\CC. The molecular weight excluding hydrogens is 292 g/mol. The molecule has 0 bridgehead atoms. The number of aliphatic hydroxyl groups is 1.